The largest absolute Gasteiger partial charge is 0.493 e. The van der Waals surface area contributed by atoms with Crippen LogP contribution in [-0.2, 0) is 9.53 Å². The molecule has 1 aliphatic heterocycles. The maximum absolute atomic E-state index is 12.4. The number of carbonyl (C=O) groups is 1. The number of morpholine rings is 1. The van der Waals surface area contributed by atoms with Crippen LogP contribution in [0.1, 0.15) is 12.1 Å². The van der Waals surface area contributed by atoms with Crippen LogP contribution in [0.5, 0.6) is 23.0 Å². The first-order chi connectivity index (χ1) is 16.6. The fourth-order valence-electron chi connectivity index (χ4n) is 4.02. The Morgan fingerprint density at radius 3 is 2.79 bits per heavy atom. The molecule has 1 saturated heterocycles. The minimum Gasteiger partial charge on any atom is -0.493 e. The van der Waals surface area contributed by atoms with Gasteiger partial charge in [-0.05, 0) is 31.2 Å². The standard InChI is InChI=1S/C25H26N4O5/c1-16-11-17-12-18(15-27-25(17)28-16)34-21-3-5-26-20-14-23(22(31-2)13-19(20)21)33-8-4-24(30)29-6-9-32-10-7-29/h3,5,11-15H,4,6-10H2,1-2H3,(H,27,28). The average molecular weight is 463 g/mol. The van der Waals surface area contributed by atoms with Gasteiger partial charge in [0.15, 0.2) is 11.5 Å². The van der Waals surface area contributed by atoms with Crippen LogP contribution in [0.25, 0.3) is 21.9 Å². The molecule has 1 amide bonds. The van der Waals surface area contributed by atoms with Gasteiger partial charge >= 0.3 is 0 Å². The van der Waals surface area contributed by atoms with Crippen LogP contribution < -0.4 is 14.2 Å². The number of aryl methyl sites for hydroxylation is 1. The second-order valence-electron chi connectivity index (χ2n) is 8.08. The van der Waals surface area contributed by atoms with E-state index in [0.29, 0.717) is 54.8 Å². The molecule has 0 atom stereocenters. The van der Waals surface area contributed by atoms with Crippen molar-refractivity contribution in [2.24, 2.45) is 0 Å². The summed E-state index contributed by atoms with van der Waals surface area (Å²) in [5, 5.41) is 1.76. The van der Waals surface area contributed by atoms with E-state index in [1.54, 1.807) is 36.5 Å². The van der Waals surface area contributed by atoms with Crippen LogP contribution in [0.15, 0.2) is 42.7 Å². The van der Waals surface area contributed by atoms with Gasteiger partial charge in [-0.1, -0.05) is 0 Å². The second-order valence-corrected chi connectivity index (χ2v) is 8.08. The Labute approximate surface area is 196 Å². The molecule has 0 spiro atoms. The molecule has 34 heavy (non-hydrogen) atoms. The maximum atomic E-state index is 12.4. The third-order valence-electron chi connectivity index (χ3n) is 5.73. The van der Waals surface area contributed by atoms with E-state index in [9.17, 15) is 4.79 Å². The summed E-state index contributed by atoms with van der Waals surface area (Å²) in [5.74, 6) is 2.38. The summed E-state index contributed by atoms with van der Waals surface area (Å²) in [5.41, 5.74) is 2.55. The molecule has 0 saturated carbocycles. The molecule has 9 heteroatoms. The molecular weight excluding hydrogens is 436 g/mol. The van der Waals surface area contributed by atoms with Gasteiger partial charge in [0, 0.05) is 41.8 Å². The highest BCUT2D eigenvalue weighted by atomic mass is 16.5. The molecular formula is C25H26N4O5. The summed E-state index contributed by atoms with van der Waals surface area (Å²) in [6, 6.07) is 9.41. The monoisotopic (exact) mass is 462 g/mol. The van der Waals surface area contributed by atoms with E-state index >= 15 is 0 Å². The Morgan fingerprint density at radius 1 is 1.12 bits per heavy atom. The van der Waals surface area contributed by atoms with Crippen LogP contribution in [0, 0.1) is 6.92 Å². The van der Waals surface area contributed by atoms with Crippen molar-refractivity contribution >= 4 is 27.8 Å². The van der Waals surface area contributed by atoms with Crippen LogP contribution in [0.2, 0.25) is 0 Å². The van der Waals surface area contributed by atoms with Crippen molar-refractivity contribution in [2.75, 3.05) is 40.0 Å². The highest BCUT2D eigenvalue weighted by Crippen LogP contribution is 2.37. The molecule has 0 bridgehead atoms. The number of aromatic amines is 1. The summed E-state index contributed by atoms with van der Waals surface area (Å²) < 4.78 is 22.9. The Balaban J connectivity index is 1.34. The zero-order chi connectivity index (χ0) is 23.5. The number of methoxy groups -OCH3 is 1. The third kappa shape index (κ3) is 4.60. The minimum atomic E-state index is 0.0556. The van der Waals surface area contributed by atoms with Crippen LogP contribution >= 0.6 is 0 Å². The number of hydrogen-bond acceptors (Lipinski definition) is 7. The lowest BCUT2D eigenvalue weighted by atomic mass is 10.1. The Hall–Kier alpha value is -3.85. The molecule has 1 aliphatic rings. The van der Waals surface area contributed by atoms with Gasteiger partial charge in [-0.2, -0.15) is 0 Å². The minimum absolute atomic E-state index is 0.0556. The predicted octanol–water partition coefficient (Wildman–Crippen LogP) is 3.85. The number of amides is 1. The summed E-state index contributed by atoms with van der Waals surface area (Å²) in [4.78, 5) is 26.3. The van der Waals surface area contributed by atoms with Gasteiger partial charge in [0.2, 0.25) is 5.91 Å². The molecule has 5 rings (SSSR count). The van der Waals surface area contributed by atoms with Gasteiger partial charge < -0.3 is 28.8 Å². The molecule has 3 aromatic heterocycles. The van der Waals surface area contributed by atoms with Gasteiger partial charge in [-0.15, -0.1) is 0 Å². The van der Waals surface area contributed by atoms with Gasteiger partial charge in [0.05, 0.1) is 45.1 Å². The molecule has 9 nitrogen and oxygen atoms in total. The van der Waals surface area contributed by atoms with Crippen molar-refractivity contribution in [3.63, 3.8) is 0 Å². The third-order valence-corrected chi connectivity index (χ3v) is 5.73. The van der Waals surface area contributed by atoms with E-state index in [2.05, 4.69) is 15.0 Å². The first kappa shape index (κ1) is 22.0. The topological polar surface area (TPSA) is 98.8 Å². The summed E-state index contributed by atoms with van der Waals surface area (Å²) in [6.07, 6.45) is 3.65. The average Bonchev–Trinajstić information content (AvgIpc) is 3.23. The van der Waals surface area contributed by atoms with E-state index < -0.39 is 0 Å². The maximum Gasteiger partial charge on any atom is 0.226 e. The van der Waals surface area contributed by atoms with Gasteiger partial charge in [0.25, 0.3) is 0 Å². The molecule has 4 heterocycles. The number of aromatic nitrogens is 3. The van der Waals surface area contributed by atoms with Gasteiger partial charge in [0.1, 0.15) is 17.1 Å². The molecule has 4 aromatic rings. The van der Waals surface area contributed by atoms with Crippen LogP contribution in [0.4, 0.5) is 0 Å². The van der Waals surface area contributed by atoms with Crippen molar-refractivity contribution in [2.45, 2.75) is 13.3 Å². The summed E-state index contributed by atoms with van der Waals surface area (Å²) >= 11 is 0. The molecule has 0 radical (unpaired) electrons. The second kappa shape index (κ2) is 9.56. The molecule has 1 N–H and O–H groups in total. The number of benzene rings is 1. The van der Waals surface area contributed by atoms with Crippen molar-refractivity contribution in [1.82, 2.24) is 19.9 Å². The number of ether oxygens (including phenoxy) is 4. The van der Waals surface area contributed by atoms with Crippen LogP contribution in [-0.4, -0.2) is 65.8 Å². The smallest absolute Gasteiger partial charge is 0.226 e. The number of nitrogens with zero attached hydrogens (tertiary/aromatic N) is 3. The Kier molecular flexibility index (Phi) is 6.18. The van der Waals surface area contributed by atoms with Crippen molar-refractivity contribution < 1.29 is 23.7 Å². The Bertz CT molecular complexity index is 1330. The Morgan fingerprint density at radius 2 is 1.97 bits per heavy atom. The molecule has 0 unspecified atom stereocenters. The van der Waals surface area contributed by atoms with Crippen molar-refractivity contribution in [3.8, 4) is 23.0 Å². The summed E-state index contributed by atoms with van der Waals surface area (Å²) in [7, 11) is 1.58. The van der Waals surface area contributed by atoms with E-state index in [0.717, 1.165) is 22.1 Å². The van der Waals surface area contributed by atoms with E-state index in [4.69, 9.17) is 18.9 Å². The van der Waals surface area contributed by atoms with E-state index in [-0.39, 0.29) is 18.9 Å². The molecule has 176 valence electrons. The highest BCUT2D eigenvalue weighted by molar-refractivity contribution is 5.88. The fourth-order valence-corrected chi connectivity index (χ4v) is 4.02. The molecule has 0 aliphatic carbocycles. The number of carbonyl (C=O) groups excluding carboxylic acids is 1. The normalized spacial score (nSPS) is 13.9. The lowest BCUT2D eigenvalue weighted by Crippen LogP contribution is -2.41. The predicted molar refractivity (Wildman–Crippen MR) is 127 cm³/mol. The van der Waals surface area contributed by atoms with E-state index in [1.807, 2.05) is 25.1 Å². The number of fused-ring (bicyclic) bond motifs is 2. The lowest BCUT2D eigenvalue weighted by molar-refractivity contribution is -0.135. The van der Waals surface area contributed by atoms with Crippen molar-refractivity contribution in [3.05, 3.63) is 48.4 Å². The molecule has 1 fully saturated rings. The number of pyridine rings is 2. The fraction of sp³-hybridized carbons (Fsp3) is 0.320. The number of rotatable bonds is 7. The zero-order valence-electron chi connectivity index (χ0n) is 19.2. The lowest BCUT2D eigenvalue weighted by Gasteiger charge is -2.26. The zero-order valence-corrected chi connectivity index (χ0v) is 19.2. The van der Waals surface area contributed by atoms with Crippen molar-refractivity contribution in [1.29, 1.82) is 0 Å². The first-order valence-electron chi connectivity index (χ1n) is 11.2. The quantitative estimate of drug-likeness (QED) is 0.445. The highest BCUT2D eigenvalue weighted by Gasteiger charge is 2.18. The summed E-state index contributed by atoms with van der Waals surface area (Å²) in [6.45, 7) is 4.64. The van der Waals surface area contributed by atoms with Gasteiger partial charge in [-0.25, -0.2) is 4.98 Å². The van der Waals surface area contributed by atoms with Gasteiger partial charge in [-0.3, -0.25) is 9.78 Å². The van der Waals surface area contributed by atoms with E-state index in [1.165, 1.54) is 0 Å². The molecule has 1 aromatic carbocycles. The SMILES string of the molecule is COc1cc2c(Oc3cnc4[nH]c(C)cc4c3)ccnc2cc1OCCC(=O)N1CCOCC1. The number of nitrogens with one attached hydrogen (secondary N) is 1. The van der Waals surface area contributed by atoms with Crippen LogP contribution in [0.3, 0.4) is 0 Å². The number of hydrogen-bond donors (Lipinski definition) is 1. The number of H-pyrrole nitrogens is 1. The first-order valence-corrected chi connectivity index (χ1v) is 11.2.